The molecule has 0 saturated carbocycles. The second kappa shape index (κ2) is 8.13. The van der Waals surface area contributed by atoms with E-state index in [0.717, 1.165) is 0 Å². The standard InChI is InChI=1S/C12H14ClNO3S/c13-10-5-2-1-4-9(10)12(17)14-11(16)8-18-7-3-6-15/h1-2,4-5,15H,3,6-8H2,(H,14,16,17). The average molecular weight is 288 g/mol. The number of benzene rings is 1. The van der Waals surface area contributed by atoms with E-state index in [1.165, 1.54) is 11.8 Å². The highest BCUT2D eigenvalue weighted by atomic mass is 35.5. The summed E-state index contributed by atoms with van der Waals surface area (Å²) in [6.07, 6.45) is 0.635. The Balaban J connectivity index is 2.41. The lowest BCUT2D eigenvalue weighted by atomic mass is 10.2. The van der Waals surface area contributed by atoms with Crippen LogP contribution in [0.25, 0.3) is 0 Å². The van der Waals surface area contributed by atoms with Crippen LogP contribution in [0.1, 0.15) is 16.8 Å². The number of rotatable bonds is 6. The number of amides is 2. The third-order valence-corrected chi connectivity index (χ3v) is 3.42. The third-order valence-electron chi connectivity index (χ3n) is 2.05. The second-order valence-electron chi connectivity index (χ2n) is 3.49. The van der Waals surface area contributed by atoms with Crippen molar-refractivity contribution in [3.05, 3.63) is 34.9 Å². The number of halogens is 1. The topological polar surface area (TPSA) is 66.4 Å². The first-order valence-electron chi connectivity index (χ1n) is 5.42. The van der Waals surface area contributed by atoms with Crippen LogP contribution in [0.15, 0.2) is 24.3 Å². The van der Waals surface area contributed by atoms with Gasteiger partial charge in [0, 0.05) is 6.61 Å². The molecule has 0 bridgehead atoms. The molecule has 0 heterocycles. The zero-order valence-electron chi connectivity index (χ0n) is 9.69. The maximum absolute atomic E-state index is 11.7. The van der Waals surface area contributed by atoms with Gasteiger partial charge in [-0.1, -0.05) is 23.7 Å². The zero-order valence-corrected chi connectivity index (χ0v) is 11.3. The Morgan fingerprint density at radius 3 is 2.72 bits per heavy atom. The summed E-state index contributed by atoms with van der Waals surface area (Å²) in [4.78, 5) is 23.1. The maximum atomic E-state index is 11.7. The van der Waals surface area contributed by atoms with Crippen molar-refractivity contribution in [2.75, 3.05) is 18.1 Å². The predicted octanol–water partition coefficient (Wildman–Crippen LogP) is 1.71. The fourth-order valence-electron chi connectivity index (χ4n) is 1.21. The van der Waals surface area contributed by atoms with Gasteiger partial charge in [0.15, 0.2) is 0 Å². The van der Waals surface area contributed by atoms with Crippen LogP contribution >= 0.6 is 23.4 Å². The summed E-state index contributed by atoms with van der Waals surface area (Å²) in [5, 5.41) is 11.2. The maximum Gasteiger partial charge on any atom is 0.259 e. The van der Waals surface area contributed by atoms with Crippen molar-refractivity contribution in [2.45, 2.75) is 6.42 Å². The lowest BCUT2D eigenvalue weighted by Crippen LogP contribution is -2.32. The summed E-state index contributed by atoms with van der Waals surface area (Å²) in [7, 11) is 0. The van der Waals surface area contributed by atoms with Crippen molar-refractivity contribution in [1.29, 1.82) is 0 Å². The van der Waals surface area contributed by atoms with Gasteiger partial charge in [0.1, 0.15) is 0 Å². The van der Waals surface area contributed by atoms with Crippen molar-refractivity contribution in [3.63, 3.8) is 0 Å². The van der Waals surface area contributed by atoms with Crippen LogP contribution in [0.3, 0.4) is 0 Å². The van der Waals surface area contributed by atoms with Crippen molar-refractivity contribution in [2.24, 2.45) is 0 Å². The molecule has 1 rings (SSSR count). The molecule has 2 N–H and O–H groups in total. The van der Waals surface area contributed by atoms with Crippen LogP contribution in [0.5, 0.6) is 0 Å². The van der Waals surface area contributed by atoms with Crippen LogP contribution in [-0.4, -0.2) is 35.0 Å². The van der Waals surface area contributed by atoms with Gasteiger partial charge in [-0.25, -0.2) is 0 Å². The number of imide groups is 1. The predicted molar refractivity (Wildman–Crippen MR) is 73.0 cm³/mol. The van der Waals surface area contributed by atoms with Gasteiger partial charge in [0.05, 0.1) is 16.3 Å². The Labute approximate surface area is 115 Å². The van der Waals surface area contributed by atoms with E-state index < -0.39 is 5.91 Å². The first kappa shape index (κ1) is 15.0. The van der Waals surface area contributed by atoms with E-state index >= 15 is 0 Å². The van der Waals surface area contributed by atoms with Crippen molar-refractivity contribution in [3.8, 4) is 0 Å². The Morgan fingerprint density at radius 2 is 2.06 bits per heavy atom. The Morgan fingerprint density at radius 1 is 1.33 bits per heavy atom. The van der Waals surface area contributed by atoms with Gasteiger partial charge < -0.3 is 5.11 Å². The number of nitrogens with one attached hydrogen (secondary N) is 1. The van der Waals surface area contributed by atoms with Gasteiger partial charge in [0.25, 0.3) is 5.91 Å². The largest absolute Gasteiger partial charge is 0.396 e. The highest BCUT2D eigenvalue weighted by Crippen LogP contribution is 2.14. The van der Waals surface area contributed by atoms with Crippen LogP contribution in [0.2, 0.25) is 5.02 Å². The highest BCUT2D eigenvalue weighted by molar-refractivity contribution is 7.99. The molecule has 0 spiro atoms. The molecule has 18 heavy (non-hydrogen) atoms. The Bertz CT molecular complexity index is 426. The van der Waals surface area contributed by atoms with Gasteiger partial charge in [0.2, 0.25) is 5.91 Å². The molecule has 4 nitrogen and oxygen atoms in total. The fourth-order valence-corrected chi connectivity index (χ4v) is 2.16. The summed E-state index contributed by atoms with van der Waals surface area (Å²) >= 11 is 7.21. The monoisotopic (exact) mass is 287 g/mol. The number of aliphatic hydroxyl groups excluding tert-OH is 1. The fraction of sp³-hybridized carbons (Fsp3) is 0.333. The van der Waals surface area contributed by atoms with Crippen LogP contribution in [-0.2, 0) is 4.79 Å². The van der Waals surface area contributed by atoms with Crippen LogP contribution in [0, 0.1) is 0 Å². The first-order valence-corrected chi connectivity index (χ1v) is 6.95. The van der Waals surface area contributed by atoms with E-state index in [0.29, 0.717) is 17.2 Å². The van der Waals surface area contributed by atoms with Gasteiger partial charge in [-0.3, -0.25) is 14.9 Å². The molecule has 0 radical (unpaired) electrons. The van der Waals surface area contributed by atoms with Gasteiger partial charge in [-0.05, 0) is 24.3 Å². The molecule has 1 aromatic rings. The quantitative estimate of drug-likeness (QED) is 0.782. The summed E-state index contributed by atoms with van der Waals surface area (Å²) in [6.45, 7) is 0.104. The minimum absolute atomic E-state index is 0.104. The molecular formula is C12H14ClNO3S. The number of hydrogen-bond acceptors (Lipinski definition) is 4. The second-order valence-corrected chi connectivity index (χ2v) is 5.00. The van der Waals surface area contributed by atoms with Crippen LogP contribution < -0.4 is 5.32 Å². The SMILES string of the molecule is O=C(CSCCCO)NC(=O)c1ccccc1Cl. The van der Waals surface area contributed by atoms with E-state index in [9.17, 15) is 9.59 Å². The lowest BCUT2D eigenvalue weighted by Gasteiger charge is -2.05. The van der Waals surface area contributed by atoms with Gasteiger partial charge >= 0.3 is 0 Å². The molecule has 6 heteroatoms. The zero-order chi connectivity index (χ0) is 13.4. The normalized spacial score (nSPS) is 10.1. The molecule has 0 aliphatic carbocycles. The smallest absolute Gasteiger partial charge is 0.259 e. The molecule has 0 fully saturated rings. The molecule has 0 unspecified atom stereocenters. The van der Waals surface area contributed by atoms with Crippen molar-refractivity contribution < 1.29 is 14.7 Å². The van der Waals surface area contributed by atoms with Gasteiger partial charge in [-0.15, -0.1) is 0 Å². The van der Waals surface area contributed by atoms with Crippen molar-refractivity contribution in [1.82, 2.24) is 5.32 Å². The van der Waals surface area contributed by atoms with Gasteiger partial charge in [-0.2, -0.15) is 11.8 Å². The minimum Gasteiger partial charge on any atom is -0.396 e. The molecule has 0 aromatic heterocycles. The number of hydrogen-bond donors (Lipinski definition) is 2. The summed E-state index contributed by atoms with van der Waals surface area (Å²) in [6, 6.07) is 6.55. The molecule has 2 amide bonds. The molecule has 1 aromatic carbocycles. The van der Waals surface area contributed by atoms with Crippen molar-refractivity contribution >= 4 is 35.2 Å². The van der Waals surface area contributed by atoms with E-state index in [2.05, 4.69) is 5.32 Å². The minimum atomic E-state index is -0.492. The van der Waals surface area contributed by atoms with E-state index in [4.69, 9.17) is 16.7 Å². The molecule has 0 saturated heterocycles. The summed E-state index contributed by atoms with van der Waals surface area (Å²) < 4.78 is 0. The Kier molecular flexibility index (Phi) is 6.78. The Hall–Kier alpha value is -1.04. The molecule has 0 aliphatic rings. The molecule has 0 atom stereocenters. The summed E-state index contributed by atoms with van der Waals surface area (Å²) in [5.41, 5.74) is 0.285. The van der Waals surface area contributed by atoms with E-state index in [1.54, 1.807) is 24.3 Å². The number of aliphatic hydroxyl groups is 1. The number of carbonyl (C=O) groups excluding carboxylic acids is 2. The first-order chi connectivity index (χ1) is 8.65. The molecular weight excluding hydrogens is 274 g/mol. The average Bonchev–Trinajstić information content (AvgIpc) is 2.35. The van der Waals surface area contributed by atoms with E-state index in [1.807, 2.05) is 0 Å². The molecule has 0 aliphatic heterocycles. The number of carbonyl (C=O) groups is 2. The number of thioether (sulfide) groups is 1. The summed E-state index contributed by atoms with van der Waals surface area (Å²) in [5.74, 6) is 0.0247. The van der Waals surface area contributed by atoms with E-state index in [-0.39, 0.29) is 23.8 Å². The lowest BCUT2D eigenvalue weighted by molar-refractivity contribution is -0.117. The third kappa shape index (κ3) is 5.08. The highest BCUT2D eigenvalue weighted by Gasteiger charge is 2.12. The molecule has 98 valence electrons. The van der Waals surface area contributed by atoms with Crippen LogP contribution in [0.4, 0.5) is 0 Å².